The molecule has 1 saturated heterocycles. The lowest BCUT2D eigenvalue weighted by Gasteiger charge is -2.39. The lowest BCUT2D eigenvalue weighted by Crippen LogP contribution is -2.49. The van der Waals surface area contributed by atoms with Crippen molar-refractivity contribution in [3.8, 4) is 0 Å². The van der Waals surface area contributed by atoms with Crippen LogP contribution in [0.3, 0.4) is 0 Å². The number of benzene rings is 1. The Hall–Kier alpha value is -3.26. The van der Waals surface area contributed by atoms with E-state index in [0.29, 0.717) is 29.8 Å². The zero-order valence-corrected chi connectivity index (χ0v) is 25.0. The van der Waals surface area contributed by atoms with Gasteiger partial charge in [-0.05, 0) is 68.7 Å². The number of nitrogens with one attached hydrogen (secondary N) is 3. The molecule has 6 rings (SSSR count). The van der Waals surface area contributed by atoms with Gasteiger partial charge in [0.2, 0.25) is 0 Å². The van der Waals surface area contributed by atoms with Crippen molar-refractivity contribution in [2.24, 2.45) is 5.92 Å². The number of anilines is 1. The van der Waals surface area contributed by atoms with E-state index in [1.807, 2.05) is 10.9 Å². The van der Waals surface area contributed by atoms with Crippen LogP contribution in [0, 0.1) is 5.92 Å². The molecule has 2 saturated carbocycles. The summed E-state index contributed by atoms with van der Waals surface area (Å²) in [5.41, 5.74) is -0.679. The molecule has 14 heteroatoms. The van der Waals surface area contributed by atoms with Crippen LogP contribution in [0.15, 0.2) is 36.5 Å². The summed E-state index contributed by atoms with van der Waals surface area (Å²) in [5, 5.41) is 23.8. The Bertz CT molecular complexity index is 1480. The van der Waals surface area contributed by atoms with Crippen LogP contribution in [0.25, 0.3) is 10.9 Å². The van der Waals surface area contributed by atoms with E-state index in [1.165, 1.54) is 6.07 Å². The number of pyridine rings is 1. The number of hydrogen-bond donors (Lipinski definition) is 4. The molecule has 3 aromatic rings. The highest BCUT2D eigenvalue weighted by Gasteiger charge is 2.34. The Labute approximate surface area is 259 Å². The summed E-state index contributed by atoms with van der Waals surface area (Å²) >= 11 is 0. The predicted octanol–water partition coefficient (Wildman–Crippen LogP) is 4.01. The summed E-state index contributed by atoms with van der Waals surface area (Å²) in [5.74, 6) is -1.15. The number of fused-ring (bicyclic) bond motifs is 1. The summed E-state index contributed by atoms with van der Waals surface area (Å²) in [4.78, 5) is 32.5. The van der Waals surface area contributed by atoms with Gasteiger partial charge in [-0.2, -0.15) is 18.3 Å². The molecule has 0 atom stereocenters. The minimum absolute atomic E-state index is 0. The van der Waals surface area contributed by atoms with E-state index in [4.69, 9.17) is 5.10 Å². The first-order valence-electron chi connectivity index (χ1n) is 14.9. The number of hydrogen-bond acceptors (Lipinski definition) is 7. The maximum Gasteiger partial charge on any atom is 0.433 e. The van der Waals surface area contributed by atoms with Crippen LogP contribution in [-0.2, 0) is 6.18 Å². The Morgan fingerprint density at radius 3 is 2.41 bits per heavy atom. The smallest absolute Gasteiger partial charge is 0.396 e. The van der Waals surface area contributed by atoms with Gasteiger partial charge in [0.25, 0.3) is 11.8 Å². The molecule has 3 aliphatic rings. The summed E-state index contributed by atoms with van der Waals surface area (Å²) in [7, 11) is 0. The first-order chi connectivity index (χ1) is 20.7. The molecule has 2 aromatic heterocycles. The van der Waals surface area contributed by atoms with Crippen LogP contribution in [0.1, 0.15) is 71.1 Å². The standard InChI is InChI=1S/C30H36F3N7O3.ClH/c31-30(32,33)27-3-1-2-24(36-27)29(43)37-26-14-19-16-40(22-6-4-21(5-7-22)39-10-8-34-9-11-39)38-25(19)15-23(26)28(42)35-20-12-18(13-20)17-41;/h1-3,14-16,18,20-22,34,41H,4-13,17H2,(H,35,42)(H,37,43);1H. The van der Waals surface area contributed by atoms with E-state index in [2.05, 4.69) is 25.8 Å². The third-order valence-electron chi connectivity index (χ3n) is 8.96. The van der Waals surface area contributed by atoms with E-state index >= 15 is 0 Å². The third-order valence-corrected chi connectivity index (χ3v) is 8.96. The number of amides is 2. The summed E-state index contributed by atoms with van der Waals surface area (Å²) in [6.45, 7) is 4.23. The first-order valence-corrected chi connectivity index (χ1v) is 14.9. The van der Waals surface area contributed by atoms with Crippen LogP contribution in [-0.4, -0.2) is 81.5 Å². The molecule has 238 valence electrons. The fourth-order valence-electron chi connectivity index (χ4n) is 6.48. The average Bonchev–Trinajstić information content (AvgIpc) is 3.41. The molecule has 0 bridgehead atoms. The van der Waals surface area contributed by atoms with Crippen LogP contribution in [0.2, 0.25) is 0 Å². The van der Waals surface area contributed by atoms with Crippen LogP contribution < -0.4 is 16.0 Å². The van der Waals surface area contributed by atoms with Crippen molar-refractivity contribution in [1.82, 2.24) is 30.3 Å². The van der Waals surface area contributed by atoms with Gasteiger partial charge in [0, 0.05) is 56.5 Å². The molecule has 10 nitrogen and oxygen atoms in total. The second kappa shape index (κ2) is 13.4. The van der Waals surface area contributed by atoms with Crippen molar-refractivity contribution < 1.29 is 27.9 Å². The predicted molar refractivity (Wildman–Crippen MR) is 161 cm³/mol. The molecule has 4 N–H and O–H groups in total. The number of aliphatic hydroxyl groups excluding tert-OH is 1. The highest BCUT2D eigenvalue weighted by Crippen LogP contribution is 2.34. The number of carbonyl (C=O) groups is 2. The molecule has 44 heavy (non-hydrogen) atoms. The van der Waals surface area contributed by atoms with E-state index in [9.17, 15) is 27.9 Å². The van der Waals surface area contributed by atoms with Crippen molar-refractivity contribution in [2.45, 2.75) is 62.8 Å². The molecule has 2 amide bonds. The topological polar surface area (TPSA) is 124 Å². The van der Waals surface area contributed by atoms with Crippen LogP contribution >= 0.6 is 12.4 Å². The normalized spacial score (nSPS) is 24.3. The third kappa shape index (κ3) is 7.01. The number of nitrogens with zero attached hydrogens (tertiary/aromatic N) is 4. The van der Waals surface area contributed by atoms with E-state index in [0.717, 1.165) is 64.0 Å². The fourth-order valence-corrected chi connectivity index (χ4v) is 6.48. The van der Waals surface area contributed by atoms with E-state index in [1.54, 1.807) is 12.1 Å². The fraction of sp³-hybridized carbons (Fsp3) is 0.533. The molecular weight excluding hydrogens is 599 g/mol. The Morgan fingerprint density at radius 1 is 1.02 bits per heavy atom. The van der Waals surface area contributed by atoms with Crippen molar-refractivity contribution in [1.29, 1.82) is 0 Å². The molecule has 0 unspecified atom stereocenters. The minimum atomic E-state index is -4.70. The van der Waals surface area contributed by atoms with Crippen molar-refractivity contribution in [2.75, 3.05) is 38.1 Å². The van der Waals surface area contributed by atoms with Gasteiger partial charge in [-0.3, -0.25) is 19.2 Å². The summed E-state index contributed by atoms with van der Waals surface area (Å²) in [6.07, 6.45) is 2.61. The molecule has 1 aliphatic heterocycles. The molecule has 3 heterocycles. The van der Waals surface area contributed by atoms with E-state index in [-0.39, 0.29) is 48.3 Å². The van der Waals surface area contributed by atoms with Crippen molar-refractivity contribution >= 4 is 40.8 Å². The monoisotopic (exact) mass is 635 g/mol. The maximum absolute atomic E-state index is 13.4. The largest absolute Gasteiger partial charge is 0.433 e. The first kappa shape index (κ1) is 32.1. The highest BCUT2D eigenvalue weighted by molar-refractivity contribution is 6.10. The van der Waals surface area contributed by atoms with Gasteiger partial charge in [0.1, 0.15) is 11.4 Å². The van der Waals surface area contributed by atoms with Crippen molar-refractivity contribution in [3.63, 3.8) is 0 Å². The number of alkyl halides is 3. The number of halogens is 4. The van der Waals surface area contributed by atoms with Crippen molar-refractivity contribution in [3.05, 3.63) is 53.5 Å². The van der Waals surface area contributed by atoms with Crippen LogP contribution in [0.5, 0.6) is 0 Å². The molecule has 2 aliphatic carbocycles. The quantitative estimate of drug-likeness (QED) is 0.309. The Kier molecular flexibility index (Phi) is 9.78. The van der Waals surface area contributed by atoms with Gasteiger partial charge in [0.15, 0.2) is 0 Å². The van der Waals surface area contributed by atoms with Gasteiger partial charge in [-0.25, -0.2) is 4.98 Å². The zero-order chi connectivity index (χ0) is 30.1. The lowest BCUT2D eigenvalue weighted by atomic mass is 9.81. The highest BCUT2D eigenvalue weighted by atomic mass is 35.5. The van der Waals surface area contributed by atoms with Gasteiger partial charge >= 0.3 is 6.18 Å². The number of piperazine rings is 1. The van der Waals surface area contributed by atoms with Gasteiger partial charge in [-0.1, -0.05) is 6.07 Å². The molecule has 3 fully saturated rings. The average molecular weight is 636 g/mol. The minimum Gasteiger partial charge on any atom is -0.396 e. The molecular formula is C30H37ClF3N7O3. The SMILES string of the molecule is Cl.O=C(Nc1cc2cn(C3CCC(N4CCNCC4)CC3)nc2cc1C(=O)NC1CC(CO)C1)c1cccc(C(F)(F)F)n1. The second-order valence-electron chi connectivity index (χ2n) is 11.9. The maximum atomic E-state index is 13.4. The second-order valence-corrected chi connectivity index (χ2v) is 11.9. The van der Waals surface area contributed by atoms with Crippen LogP contribution in [0.4, 0.5) is 18.9 Å². The lowest BCUT2D eigenvalue weighted by molar-refractivity contribution is -0.141. The number of aromatic nitrogens is 3. The van der Waals surface area contributed by atoms with Gasteiger partial charge < -0.3 is 21.1 Å². The zero-order valence-electron chi connectivity index (χ0n) is 24.1. The Morgan fingerprint density at radius 2 is 1.73 bits per heavy atom. The molecule has 0 radical (unpaired) electrons. The Balaban J connectivity index is 0.00000384. The molecule has 1 aromatic carbocycles. The number of carbonyl (C=O) groups excluding carboxylic acids is 2. The molecule has 0 spiro atoms. The summed E-state index contributed by atoms with van der Waals surface area (Å²) < 4.78 is 41.6. The summed E-state index contributed by atoms with van der Waals surface area (Å²) in [6, 6.07) is 7.04. The van der Waals surface area contributed by atoms with Gasteiger partial charge in [0.05, 0.1) is 22.8 Å². The van der Waals surface area contributed by atoms with E-state index < -0.39 is 29.4 Å². The van der Waals surface area contributed by atoms with Gasteiger partial charge in [-0.15, -0.1) is 12.4 Å². The number of rotatable bonds is 7. The number of aliphatic hydroxyl groups is 1.